The fourth-order valence-corrected chi connectivity index (χ4v) is 7.48. The van der Waals surface area contributed by atoms with Crippen molar-refractivity contribution in [2.24, 2.45) is 16.7 Å². The van der Waals surface area contributed by atoms with Gasteiger partial charge in [-0.2, -0.15) is 10.2 Å². The maximum atomic E-state index is 13.0. The Kier molecular flexibility index (Phi) is 3.95. The van der Waals surface area contributed by atoms with Crippen LogP contribution in [0.3, 0.4) is 0 Å². The van der Waals surface area contributed by atoms with Crippen molar-refractivity contribution in [2.75, 3.05) is 26.2 Å². The van der Waals surface area contributed by atoms with Crippen LogP contribution in [0.1, 0.15) is 80.5 Å². The lowest BCUT2D eigenvalue weighted by molar-refractivity contribution is -0.109. The third kappa shape index (κ3) is 3.22. The first-order valence-electron chi connectivity index (χ1n) is 13.5. The Morgan fingerprint density at radius 3 is 2.31 bits per heavy atom. The molecule has 0 radical (unpaired) electrons. The van der Waals surface area contributed by atoms with Crippen LogP contribution in [0.4, 0.5) is 4.79 Å². The number of urea groups is 1. The predicted molar refractivity (Wildman–Crippen MR) is 126 cm³/mol. The van der Waals surface area contributed by atoms with Crippen molar-refractivity contribution in [1.82, 2.24) is 34.3 Å². The molecule has 0 aromatic carbocycles. The van der Waals surface area contributed by atoms with Gasteiger partial charge >= 0.3 is 6.03 Å². The van der Waals surface area contributed by atoms with Gasteiger partial charge in [-0.3, -0.25) is 4.68 Å². The predicted octanol–water partition coefficient (Wildman–Crippen LogP) is 2.81. The Balaban J connectivity index is 0.790. The molecule has 1 N–H and O–H groups in total. The minimum Gasteiger partial charge on any atom is -0.382 e. The van der Waals surface area contributed by atoms with Crippen LogP contribution in [0.5, 0.6) is 0 Å². The highest BCUT2D eigenvalue weighted by molar-refractivity contribution is 5.77. The minimum atomic E-state index is -0.765. The number of carbonyl (C=O) groups is 1. The number of rotatable bonds is 5. The first kappa shape index (κ1) is 20.7. The zero-order chi connectivity index (χ0) is 23.6. The maximum Gasteiger partial charge on any atom is 0.320 e. The molecule has 2 spiro atoms. The molecule has 4 aliphatic carbocycles. The summed E-state index contributed by atoms with van der Waals surface area (Å²) in [5.41, 5.74) is 2.48. The Morgan fingerprint density at radius 1 is 1.03 bits per heavy atom. The lowest BCUT2D eigenvalue weighted by Gasteiger charge is -2.63. The molecule has 6 aliphatic rings. The van der Waals surface area contributed by atoms with Crippen molar-refractivity contribution in [3.05, 3.63) is 29.6 Å². The van der Waals surface area contributed by atoms with Crippen LogP contribution >= 0.6 is 0 Å². The summed E-state index contributed by atoms with van der Waals surface area (Å²) in [7, 11) is 0. The molecule has 2 aromatic heterocycles. The van der Waals surface area contributed by atoms with Gasteiger partial charge in [0, 0.05) is 55.2 Å². The molecule has 186 valence electrons. The van der Waals surface area contributed by atoms with Gasteiger partial charge in [-0.05, 0) is 70.3 Å². The Morgan fingerprint density at radius 2 is 1.69 bits per heavy atom. The molecule has 6 fully saturated rings. The number of aryl methyl sites for hydroxylation is 1. The van der Waals surface area contributed by atoms with Gasteiger partial charge in [0.2, 0.25) is 0 Å². The van der Waals surface area contributed by atoms with Crippen molar-refractivity contribution in [3.63, 3.8) is 0 Å². The summed E-state index contributed by atoms with van der Waals surface area (Å²) in [4.78, 5) is 21.5. The van der Waals surface area contributed by atoms with Crippen molar-refractivity contribution < 1.29 is 9.90 Å². The molecule has 0 atom stereocenters. The highest BCUT2D eigenvalue weighted by Gasteiger charge is 2.59. The summed E-state index contributed by atoms with van der Waals surface area (Å²) in [5, 5.41) is 19.6. The highest BCUT2D eigenvalue weighted by atomic mass is 16.3. The van der Waals surface area contributed by atoms with E-state index in [-0.39, 0.29) is 11.4 Å². The van der Waals surface area contributed by atoms with Gasteiger partial charge in [-0.1, -0.05) is 0 Å². The molecule has 2 amide bonds. The highest BCUT2D eigenvalue weighted by Crippen LogP contribution is 2.56. The standard InChI is InChI=1S/C26H35N7O2/c1-17-6-21(19-2-3-19)28-32(17)11-18-7-24(8-18)12-30(13-24)23(34)31-14-25(15-31)9-20(10-25)33-16-27-22(29-33)26(35)4-5-26/h6,16,18-20,35H,2-5,7-15H2,1H3. The van der Waals surface area contributed by atoms with E-state index < -0.39 is 5.60 Å². The second-order valence-electron chi connectivity index (χ2n) is 13.1. The molecular weight excluding hydrogens is 442 g/mol. The van der Waals surface area contributed by atoms with E-state index in [4.69, 9.17) is 5.10 Å². The zero-order valence-electron chi connectivity index (χ0n) is 20.6. The average Bonchev–Trinajstić information content (AvgIpc) is 3.61. The van der Waals surface area contributed by atoms with Gasteiger partial charge < -0.3 is 14.9 Å². The molecule has 2 aromatic rings. The van der Waals surface area contributed by atoms with Gasteiger partial charge in [-0.25, -0.2) is 14.5 Å². The number of amides is 2. The maximum absolute atomic E-state index is 13.0. The number of hydrogen-bond acceptors (Lipinski definition) is 5. The third-order valence-electron chi connectivity index (χ3n) is 9.88. The van der Waals surface area contributed by atoms with E-state index in [0.717, 1.165) is 64.3 Å². The number of aromatic nitrogens is 5. The Bertz CT molecular complexity index is 1180. The molecule has 4 saturated carbocycles. The molecule has 2 saturated heterocycles. The van der Waals surface area contributed by atoms with Crippen molar-refractivity contribution in [2.45, 2.75) is 82.4 Å². The summed E-state index contributed by atoms with van der Waals surface area (Å²) in [6.45, 7) is 6.85. The van der Waals surface area contributed by atoms with E-state index in [1.807, 2.05) is 9.58 Å². The van der Waals surface area contributed by atoms with Crippen LogP contribution in [0, 0.1) is 23.7 Å². The van der Waals surface area contributed by atoms with Crippen LogP contribution in [-0.2, 0) is 12.1 Å². The van der Waals surface area contributed by atoms with E-state index in [0.29, 0.717) is 23.2 Å². The molecule has 0 unspecified atom stereocenters. The molecule has 9 heteroatoms. The van der Waals surface area contributed by atoms with Gasteiger partial charge in [0.05, 0.1) is 11.7 Å². The molecule has 35 heavy (non-hydrogen) atoms. The fourth-order valence-electron chi connectivity index (χ4n) is 7.48. The van der Waals surface area contributed by atoms with Gasteiger partial charge in [0.15, 0.2) is 5.82 Å². The molecule has 2 aliphatic heterocycles. The van der Waals surface area contributed by atoms with Crippen LogP contribution in [0.15, 0.2) is 12.4 Å². The molecule has 0 bridgehead atoms. The molecule has 9 nitrogen and oxygen atoms in total. The number of aliphatic hydroxyl groups is 1. The first-order valence-corrected chi connectivity index (χ1v) is 13.5. The normalized spacial score (nSPS) is 27.9. The fraction of sp³-hybridized carbons (Fsp3) is 0.769. The largest absolute Gasteiger partial charge is 0.382 e. The minimum absolute atomic E-state index is 0.240. The lowest BCUT2D eigenvalue weighted by atomic mass is 9.57. The van der Waals surface area contributed by atoms with Crippen LogP contribution < -0.4 is 0 Å². The van der Waals surface area contributed by atoms with E-state index >= 15 is 0 Å². The first-order chi connectivity index (χ1) is 16.8. The number of carbonyl (C=O) groups excluding carboxylic acids is 1. The topological polar surface area (TPSA) is 92.3 Å². The summed E-state index contributed by atoms with van der Waals surface area (Å²) < 4.78 is 4.16. The Hall–Kier alpha value is -2.42. The summed E-state index contributed by atoms with van der Waals surface area (Å²) in [6, 6.07) is 2.87. The van der Waals surface area contributed by atoms with E-state index in [1.54, 1.807) is 6.33 Å². The SMILES string of the molecule is Cc1cc(C2CC2)nn1CC1CC2(C1)CN(C(=O)N1CC3(CC(n4cnc(C5(O)CC5)n4)C3)C1)C2. The summed E-state index contributed by atoms with van der Waals surface area (Å²) >= 11 is 0. The van der Waals surface area contributed by atoms with Gasteiger partial charge in [-0.15, -0.1) is 0 Å². The molecule has 8 rings (SSSR count). The van der Waals surface area contributed by atoms with Gasteiger partial charge in [0.25, 0.3) is 0 Å². The van der Waals surface area contributed by atoms with E-state index in [2.05, 4.69) is 32.7 Å². The zero-order valence-corrected chi connectivity index (χ0v) is 20.6. The van der Waals surface area contributed by atoms with Crippen molar-refractivity contribution in [3.8, 4) is 0 Å². The third-order valence-corrected chi connectivity index (χ3v) is 9.88. The average molecular weight is 478 g/mol. The van der Waals surface area contributed by atoms with Crippen molar-refractivity contribution in [1.29, 1.82) is 0 Å². The quantitative estimate of drug-likeness (QED) is 0.715. The Labute approximate surface area is 205 Å². The molecule has 4 heterocycles. The van der Waals surface area contributed by atoms with Crippen LogP contribution in [0.2, 0.25) is 0 Å². The smallest absolute Gasteiger partial charge is 0.320 e. The number of hydrogen-bond donors (Lipinski definition) is 1. The monoisotopic (exact) mass is 477 g/mol. The second-order valence-corrected chi connectivity index (χ2v) is 13.1. The second kappa shape index (κ2) is 6.66. The van der Waals surface area contributed by atoms with E-state index in [9.17, 15) is 9.90 Å². The van der Waals surface area contributed by atoms with Crippen LogP contribution in [-0.4, -0.2) is 71.7 Å². The van der Waals surface area contributed by atoms with Crippen molar-refractivity contribution >= 4 is 6.03 Å². The van der Waals surface area contributed by atoms with Crippen LogP contribution in [0.25, 0.3) is 0 Å². The molecular formula is C26H35N7O2. The van der Waals surface area contributed by atoms with E-state index in [1.165, 1.54) is 37.1 Å². The summed E-state index contributed by atoms with van der Waals surface area (Å²) in [5.74, 6) is 2.00. The van der Waals surface area contributed by atoms with Gasteiger partial charge in [0.1, 0.15) is 11.9 Å². The lowest BCUT2D eigenvalue weighted by Crippen LogP contribution is -2.71. The number of nitrogens with zero attached hydrogens (tertiary/aromatic N) is 7. The summed E-state index contributed by atoms with van der Waals surface area (Å²) in [6.07, 6.45) is 10.5. The number of likely N-dealkylation sites (tertiary alicyclic amines) is 2.